The minimum Gasteiger partial charge on any atom is -0.465 e. The molecule has 34 heavy (non-hydrogen) atoms. The fraction of sp³-hybridized carbons (Fsp3) is 0.885. The monoisotopic (exact) mass is 476 g/mol. The lowest BCUT2D eigenvalue weighted by Crippen LogP contribution is -2.64. The Morgan fingerprint density at radius 3 is 2.71 bits per heavy atom. The third-order valence-electron chi connectivity index (χ3n) is 10.3. The Labute approximate surface area is 201 Å². The third kappa shape index (κ3) is 3.80. The number of Topliss-reactive ketones (excluding diaryl/α,β-unsaturated/α-hetero) is 1. The Morgan fingerprint density at radius 2 is 2.00 bits per heavy atom. The number of fused-ring (bicyclic) bond motifs is 5. The summed E-state index contributed by atoms with van der Waals surface area (Å²) in [4.78, 5) is 30.6. The SMILES string of the molecule is CC(=O)OCC12CC/C(=N\OC3CCNC3)CC1[C@@H](CO)[C@@H](O)C1C3CCC(=O)C3(C)CCC12. The summed E-state index contributed by atoms with van der Waals surface area (Å²) < 4.78 is 5.70. The molecule has 4 saturated carbocycles. The fourth-order valence-electron chi connectivity index (χ4n) is 8.51. The van der Waals surface area contributed by atoms with Crippen molar-refractivity contribution in [2.75, 3.05) is 26.3 Å². The van der Waals surface area contributed by atoms with Gasteiger partial charge in [0.15, 0.2) is 0 Å². The lowest BCUT2D eigenvalue weighted by Gasteiger charge is -2.63. The van der Waals surface area contributed by atoms with E-state index in [9.17, 15) is 19.8 Å². The van der Waals surface area contributed by atoms with Crippen LogP contribution in [0.25, 0.3) is 0 Å². The molecule has 0 aromatic carbocycles. The molecule has 0 aromatic rings. The highest BCUT2D eigenvalue weighted by atomic mass is 16.6. The van der Waals surface area contributed by atoms with Crippen molar-refractivity contribution in [1.82, 2.24) is 5.32 Å². The van der Waals surface area contributed by atoms with E-state index in [1.165, 1.54) is 6.92 Å². The molecule has 190 valence electrons. The summed E-state index contributed by atoms with van der Waals surface area (Å²) in [5.41, 5.74) is 0.252. The number of nitrogens with one attached hydrogen (secondary N) is 1. The average Bonchev–Trinajstić information content (AvgIpc) is 3.44. The smallest absolute Gasteiger partial charge is 0.302 e. The predicted molar refractivity (Wildman–Crippen MR) is 125 cm³/mol. The first-order valence-corrected chi connectivity index (χ1v) is 13.2. The van der Waals surface area contributed by atoms with Crippen LogP contribution in [-0.2, 0) is 19.2 Å². The van der Waals surface area contributed by atoms with Gasteiger partial charge in [-0.25, -0.2) is 0 Å². The largest absolute Gasteiger partial charge is 0.465 e. The van der Waals surface area contributed by atoms with Crippen molar-refractivity contribution < 1.29 is 29.4 Å². The zero-order valence-corrected chi connectivity index (χ0v) is 20.5. The van der Waals surface area contributed by atoms with Gasteiger partial charge < -0.3 is 25.1 Å². The highest BCUT2D eigenvalue weighted by molar-refractivity contribution is 5.87. The summed E-state index contributed by atoms with van der Waals surface area (Å²) >= 11 is 0. The Kier molecular flexibility index (Phi) is 6.53. The van der Waals surface area contributed by atoms with Crippen LogP contribution in [0.15, 0.2) is 5.16 Å². The number of hydrogen-bond donors (Lipinski definition) is 3. The highest BCUT2D eigenvalue weighted by Gasteiger charge is 2.66. The molecule has 4 aliphatic carbocycles. The van der Waals surface area contributed by atoms with Crippen LogP contribution >= 0.6 is 0 Å². The van der Waals surface area contributed by atoms with Crippen LogP contribution < -0.4 is 5.32 Å². The third-order valence-corrected chi connectivity index (χ3v) is 10.3. The summed E-state index contributed by atoms with van der Waals surface area (Å²) in [5, 5.41) is 30.0. The van der Waals surface area contributed by atoms with Crippen molar-refractivity contribution in [3.8, 4) is 0 Å². The number of aliphatic hydroxyl groups is 2. The van der Waals surface area contributed by atoms with Crippen molar-refractivity contribution in [3.63, 3.8) is 0 Å². The van der Waals surface area contributed by atoms with Gasteiger partial charge in [0.05, 0.1) is 18.4 Å². The number of carbonyl (C=O) groups excluding carboxylic acids is 2. The van der Waals surface area contributed by atoms with E-state index in [2.05, 4.69) is 17.4 Å². The second-order valence-electron chi connectivity index (χ2n) is 11.7. The standard InChI is InChI=1S/C26H40N2O6/c1-15(30)33-14-26-9-5-16(28-34-17-7-10-27-12-17)11-21(26)18(13-29)24(32)23-19-3-4-22(31)25(19,2)8-6-20(23)26/h17-21,23-24,27,29,32H,3-14H2,1-2H3/b28-16+/t17?,18-,19?,20?,21?,23?,24-,25?,26?/m1/s1. The summed E-state index contributed by atoms with van der Waals surface area (Å²) in [7, 11) is 0. The maximum atomic E-state index is 12.8. The number of esters is 1. The number of carbonyl (C=O) groups is 2. The molecule has 5 rings (SSSR count). The number of ketones is 1. The van der Waals surface area contributed by atoms with Gasteiger partial charge in [0.25, 0.3) is 0 Å². The molecule has 0 radical (unpaired) electrons. The van der Waals surface area contributed by atoms with E-state index in [1.54, 1.807) is 0 Å². The molecule has 0 spiro atoms. The molecule has 3 N–H and O–H groups in total. The zero-order valence-electron chi connectivity index (χ0n) is 20.5. The fourth-order valence-corrected chi connectivity index (χ4v) is 8.51. The first kappa shape index (κ1) is 24.2. The average molecular weight is 477 g/mol. The normalized spacial score (nSPS) is 47.1. The quantitative estimate of drug-likeness (QED) is 0.411. The highest BCUT2D eigenvalue weighted by Crippen LogP contribution is 2.66. The summed E-state index contributed by atoms with van der Waals surface area (Å²) in [6.45, 7) is 5.43. The first-order valence-electron chi connectivity index (χ1n) is 13.2. The molecule has 0 bridgehead atoms. The van der Waals surface area contributed by atoms with Gasteiger partial charge in [0.1, 0.15) is 11.9 Å². The lowest BCUT2D eigenvalue weighted by molar-refractivity contribution is -0.210. The summed E-state index contributed by atoms with van der Waals surface area (Å²) in [6, 6.07) is 0. The topological polar surface area (TPSA) is 117 Å². The van der Waals surface area contributed by atoms with Gasteiger partial charge in [-0.05, 0) is 68.7 Å². The van der Waals surface area contributed by atoms with E-state index < -0.39 is 6.10 Å². The van der Waals surface area contributed by atoms with Crippen molar-refractivity contribution >= 4 is 17.5 Å². The molecule has 0 amide bonds. The van der Waals surface area contributed by atoms with Gasteiger partial charge in [-0.2, -0.15) is 0 Å². The van der Waals surface area contributed by atoms with Crippen LogP contribution in [0, 0.1) is 40.4 Å². The van der Waals surface area contributed by atoms with Crippen LogP contribution in [0.3, 0.4) is 0 Å². The van der Waals surface area contributed by atoms with Crippen molar-refractivity contribution in [1.29, 1.82) is 0 Å². The Hall–Kier alpha value is -1.51. The van der Waals surface area contributed by atoms with Crippen molar-refractivity contribution in [3.05, 3.63) is 0 Å². The van der Waals surface area contributed by atoms with E-state index in [-0.39, 0.29) is 59.1 Å². The van der Waals surface area contributed by atoms with Gasteiger partial charge in [0, 0.05) is 49.7 Å². The van der Waals surface area contributed by atoms with Gasteiger partial charge in [-0.15, -0.1) is 0 Å². The number of nitrogens with zero attached hydrogens (tertiary/aromatic N) is 1. The molecule has 1 saturated heterocycles. The molecular weight excluding hydrogens is 436 g/mol. The molecule has 8 heteroatoms. The number of aliphatic hydroxyl groups excluding tert-OH is 2. The predicted octanol–water partition coefficient (Wildman–Crippen LogP) is 2.07. The van der Waals surface area contributed by atoms with E-state index in [0.717, 1.165) is 57.3 Å². The number of hydrogen-bond acceptors (Lipinski definition) is 8. The van der Waals surface area contributed by atoms with Crippen LogP contribution in [0.5, 0.6) is 0 Å². The van der Waals surface area contributed by atoms with Gasteiger partial charge >= 0.3 is 5.97 Å². The molecule has 0 aromatic heterocycles. The molecule has 1 aliphatic heterocycles. The van der Waals surface area contributed by atoms with Crippen LogP contribution in [-0.4, -0.2) is 66.2 Å². The van der Waals surface area contributed by atoms with E-state index in [1.807, 2.05) is 0 Å². The van der Waals surface area contributed by atoms with Crippen LogP contribution in [0.4, 0.5) is 0 Å². The van der Waals surface area contributed by atoms with E-state index in [4.69, 9.17) is 9.57 Å². The second kappa shape index (κ2) is 9.17. The van der Waals surface area contributed by atoms with Crippen LogP contribution in [0.1, 0.15) is 65.2 Å². The minimum absolute atomic E-state index is 0.0487. The molecular formula is C26H40N2O6. The Morgan fingerprint density at radius 1 is 1.18 bits per heavy atom. The Balaban J connectivity index is 1.48. The first-order chi connectivity index (χ1) is 16.3. The van der Waals surface area contributed by atoms with Gasteiger partial charge in [-0.3, -0.25) is 9.59 Å². The minimum atomic E-state index is -0.680. The van der Waals surface area contributed by atoms with Crippen molar-refractivity contribution in [2.24, 2.45) is 45.6 Å². The molecule has 8 nitrogen and oxygen atoms in total. The summed E-state index contributed by atoms with van der Waals surface area (Å²) in [5.74, 6) is -0.165. The van der Waals surface area contributed by atoms with Gasteiger partial charge in [0.2, 0.25) is 0 Å². The van der Waals surface area contributed by atoms with Gasteiger partial charge in [-0.1, -0.05) is 12.1 Å². The molecule has 7 unspecified atom stereocenters. The molecule has 9 atom stereocenters. The molecule has 1 heterocycles. The maximum absolute atomic E-state index is 12.8. The van der Waals surface area contributed by atoms with E-state index >= 15 is 0 Å². The van der Waals surface area contributed by atoms with Crippen LogP contribution in [0.2, 0.25) is 0 Å². The van der Waals surface area contributed by atoms with Crippen molar-refractivity contribution in [2.45, 2.75) is 77.4 Å². The maximum Gasteiger partial charge on any atom is 0.302 e. The molecule has 5 aliphatic rings. The number of rotatable bonds is 5. The Bertz CT molecular complexity index is 841. The molecule has 5 fully saturated rings. The second-order valence-corrected chi connectivity index (χ2v) is 11.7. The van der Waals surface area contributed by atoms with E-state index in [0.29, 0.717) is 25.2 Å². The lowest BCUT2D eigenvalue weighted by atomic mass is 9.42. The zero-order chi connectivity index (χ0) is 24.1. The summed E-state index contributed by atoms with van der Waals surface area (Å²) in [6.07, 6.45) is 5.57. The number of ether oxygens (including phenoxy) is 1. The number of oxime groups is 1.